The number of rotatable bonds is 1. The lowest BCUT2D eigenvalue weighted by Gasteiger charge is -2.23. The Morgan fingerprint density at radius 2 is 1.78 bits per heavy atom. The summed E-state index contributed by atoms with van der Waals surface area (Å²) in [4.78, 5) is 14.4. The highest BCUT2D eigenvalue weighted by atomic mass is 79.9. The molecular formula is C19H17Br2NO. The Morgan fingerprint density at radius 3 is 2.48 bits per heavy atom. The molecular weight excluding hydrogens is 418 g/mol. The van der Waals surface area contributed by atoms with E-state index in [0.717, 1.165) is 4.48 Å². The van der Waals surface area contributed by atoms with Gasteiger partial charge in [-0.15, -0.1) is 0 Å². The van der Waals surface area contributed by atoms with Crippen LogP contribution in [0.5, 0.6) is 0 Å². The molecule has 1 aliphatic heterocycles. The van der Waals surface area contributed by atoms with Gasteiger partial charge in [0.1, 0.15) is 0 Å². The molecule has 23 heavy (non-hydrogen) atoms. The number of ketones is 1. The molecule has 0 radical (unpaired) electrons. The number of nitrogens with zero attached hydrogens (tertiary/aromatic N) is 1. The van der Waals surface area contributed by atoms with Crippen LogP contribution in [-0.2, 0) is 10.2 Å². The van der Waals surface area contributed by atoms with Gasteiger partial charge in [0.15, 0.2) is 5.78 Å². The highest BCUT2D eigenvalue weighted by Gasteiger charge is 2.37. The normalized spacial score (nSPS) is 23.2. The smallest absolute Gasteiger partial charge is 0.200 e. The van der Waals surface area contributed by atoms with E-state index in [2.05, 4.69) is 88.0 Å². The van der Waals surface area contributed by atoms with Crippen LogP contribution in [0.3, 0.4) is 0 Å². The van der Waals surface area contributed by atoms with Crippen molar-refractivity contribution in [3.8, 4) is 0 Å². The largest absolute Gasteiger partial charge is 0.347 e. The molecule has 118 valence electrons. The van der Waals surface area contributed by atoms with Crippen LogP contribution in [0.2, 0.25) is 0 Å². The summed E-state index contributed by atoms with van der Waals surface area (Å²) in [6.45, 7) is 4.42. The third-order valence-electron chi connectivity index (χ3n) is 4.40. The minimum Gasteiger partial charge on any atom is -0.347 e. The predicted molar refractivity (Wildman–Crippen MR) is 103 cm³/mol. The predicted octanol–water partition coefficient (Wildman–Crippen LogP) is 5.36. The van der Waals surface area contributed by atoms with Gasteiger partial charge >= 0.3 is 0 Å². The molecule has 2 nitrogen and oxygen atoms in total. The van der Waals surface area contributed by atoms with E-state index in [9.17, 15) is 4.79 Å². The van der Waals surface area contributed by atoms with Crippen LogP contribution in [0.25, 0.3) is 0 Å². The van der Waals surface area contributed by atoms with Crippen molar-refractivity contribution in [1.29, 1.82) is 0 Å². The third-order valence-corrected chi connectivity index (χ3v) is 5.45. The van der Waals surface area contributed by atoms with E-state index in [1.54, 1.807) is 6.08 Å². The summed E-state index contributed by atoms with van der Waals surface area (Å²) < 4.78 is 1.45. The Kier molecular flexibility index (Phi) is 4.23. The van der Waals surface area contributed by atoms with E-state index >= 15 is 0 Å². The summed E-state index contributed by atoms with van der Waals surface area (Å²) in [5, 5.41) is 0. The number of Topliss-reactive ketones (excluding diaryl/α,β-unsaturated/α-hetero) is 1. The van der Waals surface area contributed by atoms with E-state index in [1.165, 1.54) is 16.9 Å². The average molecular weight is 435 g/mol. The van der Waals surface area contributed by atoms with Gasteiger partial charge in [0.05, 0.1) is 4.48 Å². The molecule has 0 saturated heterocycles. The minimum atomic E-state index is -0.0892. The molecule has 0 atom stereocenters. The van der Waals surface area contributed by atoms with E-state index in [0.29, 0.717) is 10.1 Å². The maximum absolute atomic E-state index is 12.2. The molecule has 1 aromatic carbocycles. The van der Waals surface area contributed by atoms with Gasteiger partial charge in [-0.25, -0.2) is 0 Å². The SMILES string of the molecule is CN1/C(=C\C=C2\C=C(Br)C=C(Br)C2=O)C(C)(C)c2ccccc21. The number of halogens is 2. The zero-order chi connectivity index (χ0) is 16.8. The number of fused-ring (bicyclic) bond motifs is 1. The molecule has 0 N–H and O–H groups in total. The first kappa shape index (κ1) is 16.5. The monoisotopic (exact) mass is 433 g/mol. The van der Waals surface area contributed by atoms with Crippen LogP contribution >= 0.6 is 31.9 Å². The molecule has 1 aromatic rings. The van der Waals surface area contributed by atoms with Crippen LogP contribution in [-0.4, -0.2) is 12.8 Å². The number of likely N-dealkylation sites (N-methyl/N-ethyl adjacent to an activating group) is 1. The minimum absolute atomic E-state index is 0.000945. The summed E-state index contributed by atoms with van der Waals surface area (Å²) in [6, 6.07) is 8.43. The summed E-state index contributed by atoms with van der Waals surface area (Å²) >= 11 is 6.75. The van der Waals surface area contributed by atoms with Crippen molar-refractivity contribution in [2.45, 2.75) is 19.3 Å². The summed E-state index contributed by atoms with van der Waals surface area (Å²) in [7, 11) is 2.07. The lowest BCUT2D eigenvalue weighted by Crippen LogP contribution is -2.22. The first-order chi connectivity index (χ1) is 10.8. The number of carbonyl (C=O) groups excluding carboxylic acids is 1. The maximum atomic E-state index is 12.2. The number of anilines is 1. The van der Waals surface area contributed by atoms with Crippen LogP contribution in [0.15, 0.2) is 68.8 Å². The second-order valence-corrected chi connectivity index (χ2v) is 8.00. The average Bonchev–Trinajstić information content (AvgIpc) is 2.69. The van der Waals surface area contributed by atoms with Gasteiger partial charge in [-0.05, 0) is 51.9 Å². The fourth-order valence-electron chi connectivity index (χ4n) is 3.17. The Morgan fingerprint density at radius 1 is 1.09 bits per heavy atom. The van der Waals surface area contributed by atoms with Crippen LogP contribution in [0.1, 0.15) is 19.4 Å². The Bertz CT molecular complexity index is 812. The second-order valence-electron chi connectivity index (χ2n) is 6.23. The first-order valence-electron chi connectivity index (χ1n) is 7.37. The van der Waals surface area contributed by atoms with Crippen LogP contribution in [0, 0.1) is 0 Å². The molecule has 1 aliphatic carbocycles. The molecule has 3 rings (SSSR count). The molecule has 4 heteroatoms. The van der Waals surface area contributed by atoms with E-state index in [-0.39, 0.29) is 11.2 Å². The number of hydrogen-bond donors (Lipinski definition) is 0. The molecule has 1 heterocycles. The number of benzene rings is 1. The number of allylic oxidation sites excluding steroid dienone is 8. The Labute approximate surface area is 153 Å². The fraction of sp³-hybridized carbons (Fsp3) is 0.211. The van der Waals surface area contributed by atoms with Gasteiger partial charge in [0.25, 0.3) is 0 Å². The highest BCUT2D eigenvalue weighted by molar-refractivity contribution is 9.12. The van der Waals surface area contributed by atoms with Crippen LogP contribution in [0.4, 0.5) is 5.69 Å². The highest BCUT2D eigenvalue weighted by Crippen LogP contribution is 2.46. The van der Waals surface area contributed by atoms with Crippen molar-refractivity contribution in [2.24, 2.45) is 0 Å². The van der Waals surface area contributed by atoms with E-state index in [4.69, 9.17) is 0 Å². The zero-order valence-corrected chi connectivity index (χ0v) is 16.4. The van der Waals surface area contributed by atoms with Gasteiger partial charge in [0, 0.05) is 33.9 Å². The quantitative estimate of drug-likeness (QED) is 0.554. The van der Waals surface area contributed by atoms with Gasteiger partial charge in [-0.2, -0.15) is 0 Å². The fourth-order valence-corrected chi connectivity index (χ4v) is 4.43. The van der Waals surface area contributed by atoms with E-state index < -0.39 is 0 Å². The molecule has 0 spiro atoms. The van der Waals surface area contributed by atoms with Crippen molar-refractivity contribution >= 4 is 43.3 Å². The van der Waals surface area contributed by atoms with Crippen molar-refractivity contribution in [1.82, 2.24) is 0 Å². The van der Waals surface area contributed by atoms with Crippen molar-refractivity contribution in [2.75, 3.05) is 11.9 Å². The van der Waals surface area contributed by atoms with Gasteiger partial charge in [-0.3, -0.25) is 4.79 Å². The molecule has 0 aromatic heterocycles. The van der Waals surface area contributed by atoms with Crippen molar-refractivity contribution < 1.29 is 4.79 Å². The standard InChI is InChI=1S/C19H17Br2NO/c1-19(2)14-6-4-5-7-16(14)22(3)17(19)9-8-12-10-13(20)11-15(21)18(12)23/h4-11H,1-3H3/b12-8-,17-9-. The van der Waals surface area contributed by atoms with Gasteiger partial charge in [0.2, 0.25) is 0 Å². The van der Waals surface area contributed by atoms with E-state index in [1.807, 2.05) is 12.2 Å². The van der Waals surface area contributed by atoms with Gasteiger partial charge in [-0.1, -0.05) is 48.0 Å². The maximum Gasteiger partial charge on any atom is 0.200 e. The topological polar surface area (TPSA) is 20.3 Å². The third kappa shape index (κ3) is 2.79. The number of para-hydroxylation sites is 1. The summed E-state index contributed by atoms with van der Waals surface area (Å²) in [6.07, 6.45) is 7.57. The lowest BCUT2D eigenvalue weighted by molar-refractivity contribution is -0.111. The second kappa shape index (κ2) is 5.91. The number of hydrogen-bond acceptors (Lipinski definition) is 2. The summed E-state index contributed by atoms with van der Waals surface area (Å²) in [5.74, 6) is 0.000945. The molecule has 0 bridgehead atoms. The summed E-state index contributed by atoms with van der Waals surface area (Å²) in [5.41, 5.74) is 4.27. The molecule has 0 unspecified atom stereocenters. The first-order valence-corrected chi connectivity index (χ1v) is 8.96. The Balaban J connectivity index is 2.03. The molecule has 0 saturated carbocycles. The molecule has 0 fully saturated rings. The van der Waals surface area contributed by atoms with Crippen molar-refractivity contribution in [3.63, 3.8) is 0 Å². The zero-order valence-electron chi connectivity index (χ0n) is 13.2. The van der Waals surface area contributed by atoms with Crippen LogP contribution < -0.4 is 4.90 Å². The van der Waals surface area contributed by atoms with Crippen molar-refractivity contribution in [3.05, 3.63) is 74.4 Å². The number of carbonyl (C=O) groups is 1. The molecule has 0 amide bonds. The molecule has 2 aliphatic rings. The lowest BCUT2D eigenvalue weighted by atomic mass is 9.83. The Hall–Kier alpha value is -1.39. The van der Waals surface area contributed by atoms with Gasteiger partial charge < -0.3 is 4.90 Å².